The minimum atomic E-state index is -0.185. The van der Waals surface area contributed by atoms with Crippen molar-refractivity contribution in [3.8, 4) is 0 Å². The molecule has 1 aliphatic rings. The maximum Gasteiger partial charge on any atom is 0.315 e. The molecule has 0 atom stereocenters. The molecule has 0 aliphatic carbocycles. The summed E-state index contributed by atoms with van der Waals surface area (Å²) in [4.78, 5) is 11.5. The van der Waals surface area contributed by atoms with Crippen LogP contribution in [0.15, 0.2) is 0 Å². The molecule has 1 saturated heterocycles. The first kappa shape index (κ1) is 15.2. The zero-order valence-electron chi connectivity index (χ0n) is 11.8. The molecule has 3 N–H and O–H groups in total. The van der Waals surface area contributed by atoms with E-state index in [1.54, 1.807) is 0 Å². The van der Waals surface area contributed by atoms with E-state index in [1.807, 2.05) is 20.8 Å². The molecule has 5 heteroatoms. The average Bonchev–Trinajstić information content (AvgIpc) is 2.27. The van der Waals surface area contributed by atoms with E-state index in [0.29, 0.717) is 12.6 Å². The molecule has 0 bridgehead atoms. The first-order valence-electron chi connectivity index (χ1n) is 6.86. The summed E-state index contributed by atoms with van der Waals surface area (Å²) >= 11 is 0. The van der Waals surface area contributed by atoms with Crippen molar-refractivity contribution in [1.29, 1.82) is 0 Å². The number of piperidine rings is 1. The second kappa shape index (κ2) is 7.59. The SMILES string of the molecule is CC(C)(C)NC(=O)NCCCOC1CCNCC1. The van der Waals surface area contributed by atoms with Crippen molar-refractivity contribution in [2.75, 3.05) is 26.2 Å². The van der Waals surface area contributed by atoms with Crippen LogP contribution in [0, 0.1) is 0 Å². The molecule has 0 spiro atoms. The molecule has 1 fully saturated rings. The summed E-state index contributed by atoms with van der Waals surface area (Å²) < 4.78 is 5.75. The van der Waals surface area contributed by atoms with E-state index in [1.165, 1.54) is 0 Å². The van der Waals surface area contributed by atoms with Crippen LogP contribution in [-0.4, -0.2) is 43.9 Å². The van der Waals surface area contributed by atoms with Gasteiger partial charge in [0.15, 0.2) is 0 Å². The van der Waals surface area contributed by atoms with Crippen molar-refractivity contribution >= 4 is 6.03 Å². The summed E-state index contributed by atoms with van der Waals surface area (Å²) in [7, 11) is 0. The van der Waals surface area contributed by atoms with Crippen LogP contribution in [0.1, 0.15) is 40.0 Å². The molecule has 5 nitrogen and oxygen atoms in total. The second-order valence-electron chi connectivity index (χ2n) is 5.80. The average molecular weight is 257 g/mol. The summed E-state index contributed by atoms with van der Waals surface area (Å²) in [5.41, 5.74) is -0.185. The van der Waals surface area contributed by atoms with Gasteiger partial charge in [-0.2, -0.15) is 0 Å². The number of hydrogen-bond donors (Lipinski definition) is 3. The third-order valence-corrected chi connectivity index (χ3v) is 2.73. The van der Waals surface area contributed by atoms with Crippen LogP contribution < -0.4 is 16.0 Å². The van der Waals surface area contributed by atoms with E-state index >= 15 is 0 Å². The topological polar surface area (TPSA) is 62.4 Å². The van der Waals surface area contributed by atoms with Gasteiger partial charge in [-0.1, -0.05) is 0 Å². The number of ether oxygens (including phenoxy) is 1. The lowest BCUT2D eigenvalue weighted by Gasteiger charge is -2.23. The Kier molecular flexibility index (Phi) is 6.43. The third kappa shape index (κ3) is 7.50. The summed E-state index contributed by atoms with van der Waals surface area (Å²) in [6.45, 7) is 9.38. The molecule has 2 amide bonds. The lowest BCUT2D eigenvalue weighted by Crippen LogP contribution is -2.46. The Morgan fingerprint density at radius 2 is 2.00 bits per heavy atom. The monoisotopic (exact) mass is 257 g/mol. The minimum absolute atomic E-state index is 0.107. The van der Waals surface area contributed by atoms with Gasteiger partial charge in [0.05, 0.1) is 6.10 Å². The van der Waals surface area contributed by atoms with Gasteiger partial charge in [0.1, 0.15) is 0 Å². The molecule has 1 heterocycles. The number of carbonyl (C=O) groups excluding carboxylic acids is 1. The maximum atomic E-state index is 11.5. The van der Waals surface area contributed by atoms with Gasteiger partial charge >= 0.3 is 6.03 Å². The van der Waals surface area contributed by atoms with Crippen molar-refractivity contribution in [2.24, 2.45) is 0 Å². The molecular formula is C13H27N3O2. The van der Waals surface area contributed by atoms with Gasteiger partial charge in [-0.05, 0) is 53.1 Å². The fraction of sp³-hybridized carbons (Fsp3) is 0.923. The highest BCUT2D eigenvalue weighted by molar-refractivity contribution is 5.74. The fourth-order valence-electron chi connectivity index (χ4n) is 1.87. The second-order valence-corrected chi connectivity index (χ2v) is 5.80. The zero-order chi connectivity index (χ0) is 13.4. The molecule has 0 aromatic heterocycles. The summed E-state index contributed by atoms with van der Waals surface area (Å²) in [5.74, 6) is 0. The first-order chi connectivity index (χ1) is 8.47. The molecule has 18 heavy (non-hydrogen) atoms. The Hall–Kier alpha value is -0.810. The highest BCUT2D eigenvalue weighted by atomic mass is 16.5. The van der Waals surface area contributed by atoms with Crippen LogP contribution in [0.4, 0.5) is 4.79 Å². The fourth-order valence-corrected chi connectivity index (χ4v) is 1.87. The van der Waals surface area contributed by atoms with Gasteiger partial charge in [0, 0.05) is 18.7 Å². The van der Waals surface area contributed by atoms with Gasteiger partial charge in [-0.3, -0.25) is 0 Å². The van der Waals surface area contributed by atoms with E-state index in [2.05, 4.69) is 16.0 Å². The Morgan fingerprint density at radius 1 is 1.33 bits per heavy atom. The van der Waals surface area contributed by atoms with Crippen molar-refractivity contribution in [2.45, 2.75) is 51.7 Å². The smallest absolute Gasteiger partial charge is 0.315 e. The van der Waals surface area contributed by atoms with Crippen molar-refractivity contribution < 1.29 is 9.53 Å². The van der Waals surface area contributed by atoms with Crippen LogP contribution in [0.25, 0.3) is 0 Å². The van der Waals surface area contributed by atoms with Gasteiger partial charge in [0.25, 0.3) is 0 Å². The Bertz CT molecular complexity index is 245. The van der Waals surface area contributed by atoms with Crippen LogP contribution in [0.2, 0.25) is 0 Å². The summed E-state index contributed by atoms with van der Waals surface area (Å²) in [6.07, 6.45) is 3.45. The molecule has 0 aromatic rings. The first-order valence-corrected chi connectivity index (χ1v) is 6.86. The Morgan fingerprint density at radius 3 is 2.61 bits per heavy atom. The standard InChI is InChI=1S/C13H27N3O2/c1-13(2,3)16-12(17)15-7-4-10-18-11-5-8-14-9-6-11/h11,14H,4-10H2,1-3H3,(H2,15,16,17). The van der Waals surface area contributed by atoms with Gasteiger partial charge < -0.3 is 20.7 Å². The van der Waals surface area contributed by atoms with Crippen LogP contribution in [0.3, 0.4) is 0 Å². The van der Waals surface area contributed by atoms with Crippen LogP contribution in [0.5, 0.6) is 0 Å². The van der Waals surface area contributed by atoms with Crippen molar-refractivity contribution in [1.82, 2.24) is 16.0 Å². The molecule has 0 radical (unpaired) electrons. The van der Waals surface area contributed by atoms with Crippen molar-refractivity contribution in [3.63, 3.8) is 0 Å². The third-order valence-electron chi connectivity index (χ3n) is 2.73. The van der Waals surface area contributed by atoms with Gasteiger partial charge in [-0.25, -0.2) is 4.79 Å². The molecule has 0 saturated carbocycles. The van der Waals surface area contributed by atoms with Crippen LogP contribution in [-0.2, 0) is 4.74 Å². The maximum absolute atomic E-state index is 11.5. The predicted molar refractivity (Wildman–Crippen MR) is 72.7 cm³/mol. The largest absolute Gasteiger partial charge is 0.378 e. The highest BCUT2D eigenvalue weighted by Gasteiger charge is 2.14. The molecule has 0 aromatic carbocycles. The molecule has 1 rings (SSSR count). The number of rotatable bonds is 5. The minimum Gasteiger partial charge on any atom is -0.378 e. The van der Waals surface area contributed by atoms with E-state index in [9.17, 15) is 4.79 Å². The number of carbonyl (C=O) groups is 1. The highest BCUT2D eigenvalue weighted by Crippen LogP contribution is 2.07. The summed E-state index contributed by atoms with van der Waals surface area (Å²) in [6, 6.07) is -0.107. The van der Waals surface area contributed by atoms with Gasteiger partial charge in [-0.15, -0.1) is 0 Å². The van der Waals surface area contributed by atoms with E-state index in [0.717, 1.165) is 39.0 Å². The van der Waals surface area contributed by atoms with E-state index in [-0.39, 0.29) is 11.6 Å². The van der Waals surface area contributed by atoms with Gasteiger partial charge in [0.2, 0.25) is 0 Å². The van der Waals surface area contributed by atoms with E-state index < -0.39 is 0 Å². The number of nitrogens with one attached hydrogen (secondary N) is 3. The quantitative estimate of drug-likeness (QED) is 0.649. The zero-order valence-corrected chi connectivity index (χ0v) is 11.8. The lowest BCUT2D eigenvalue weighted by molar-refractivity contribution is 0.0320. The Labute approximate surface area is 110 Å². The molecule has 1 aliphatic heterocycles. The van der Waals surface area contributed by atoms with E-state index in [4.69, 9.17) is 4.74 Å². The normalized spacial score (nSPS) is 17.5. The lowest BCUT2D eigenvalue weighted by atomic mass is 10.1. The molecule has 106 valence electrons. The number of amides is 2. The Balaban J connectivity index is 1.96. The molecule has 0 unspecified atom stereocenters. The predicted octanol–water partition coefficient (Wildman–Crippen LogP) is 1.24. The summed E-state index contributed by atoms with van der Waals surface area (Å²) in [5, 5.41) is 9.00. The van der Waals surface area contributed by atoms with Crippen LogP contribution >= 0.6 is 0 Å². The number of hydrogen-bond acceptors (Lipinski definition) is 3. The number of urea groups is 1. The molecular weight excluding hydrogens is 230 g/mol. The van der Waals surface area contributed by atoms with Crippen molar-refractivity contribution in [3.05, 3.63) is 0 Å².